The van der Waals surface area contributed by atoms with Crippen LogP contribution in [0.1, 0.15) is 11.1 Å². The van der Waals surface area contributed by atoms with Crippen LogP contribution in [0.2, 0.25) is 10.0 Å². The Labute approximate surface area is 249 Å². The molecule has 1 heterocycles. The molecule has 1 amide bonds. The fraction of sp³-hybridized carbons (Fsp3) is 0.148. The molecule has 3 aromatic rings. The van der Waals surface area contributed by atoms with Crippen molar-refractivity contribution in [3.8, 4) is 11.5 Å². The second kappa shape index (κ2) is 12.3. The topological polar surface area (TPSA) is 68.3 Å². The molecule has 11 heteroatoms. The van der Waals surface area contributed by atoms with Crippen molar-refractivity contribution in [2.75, 3.05) is 25.7 Å². The van der Waals surface area contributed by atoms with Crippen molar-refractivity contribution in [2.24, 2.45) is 0 Å². The van der Waals surface area contributed by atoms with Crippen LogP contribution < -0.4 is 14.4 Å². The molecule has 0 atom stereocenters. The fourth-order valence-corrected chi connectivity index (χ4v) is 5.17. The minimum absolute atomic E-state index is 0.173. The lowest BCUT2D eigenvalue weighted by Crippen LogP contribution is -2.35. The lowest BCUT2D eigenvalue weighted by molar-refractivity contribution is -0.140. The zero-order valence-corrected chi connectivity index (χ0v) is 24.7. The number of carbonyl (C=O) groups is 2. The maximum Gasteiger partial charge on any atom is 0.325 e. The second-order valence-corrected chi connectivity index (χ2v) is 10.4. The molecule has 0 aliphatic carbocycles. The third-order valence-corrected chi connectivity index (χ3v) is 7.47. The van der Waals surface area contributed by atoms with Crippen LogP contribution in [0.25, 0.3) is 6.08 Å². The molecule has 1 aliphatic rings. The van der Waals surface area contributed by atoms with Gasteiger partial charge in [0, 0.05) is 15.6 Å². The summed E-state index contributed by atoms with van der Waals surface area (Å²) in [7, 11) is 2.84. The molecule has 1 aliphatic heterocycles. The Morgan fingerprint density at radius 2 is 1.79 bits per heavy atom. The van der Waals surface area contributed by atoms with E-state index in [1.807, 2.05) is 24.3 Å². The number of carbonyl (C=O) groups excluding carboxylic acids is 2. The number of amides is 1. The number of thiocarbonyl (C=S) groups is 1. The monoisotopic (exact) mass is 682 g/mol. The van der Waals surface area contributed by atoms with Crippen molar-refractivity contribution in [1.82, 2.24) is 4.90 Å². The van der Waals surface area contributed by atoms with Crippen LogP contribution in [0.4, 0.5) is 5.69 Å². The van der Waals surface area contributed by atoms with E-state index >= 15 is 0 Å². The van der Waals surface area contributed by atoms with E-state index in [-0.39, 0.29) is 29.9 Å². The summed E-state index contributed by atoms with van der Waals surface area (Å²) in [5.41, 5.74) is 2.33. The summed E-state index contributed by atoms with van der Waals surface area (Å²) in [4.78, 5) is 28.5. The van der Waals surface area contributed by atoms with Crippen molar-refractivity contribution in [3.63, 3.8) is 0 Å². The predicted octanol–water partition coefficient (Wildman–Crippen LogP) is 6.33. The molecule has 3 aromatic carbocycles. The summed E-state index contributed by atoms with van der Waals surface area (Å²) in [6, 6.07) is 17.6. The van der Waals surface area contributed by atoms with Gasteiger partial charge in [0.15, 0.2) is 5.11 Å². The Hall–Kier alpha value is -2.86. The van der Waals surface area contributed by atoms with E-state index in [0.29, 0.717) is 27.2 Å². The summed E-state index contributed by atoms with van der Waals surface area (Å²) in [5, 5.41) is 1.25. The van der Waals surface area contributed by atoms with E-state index in [0.717, 1.165) is 14.7 Å². The zero-order valence-electron chi connectivity index (χ0n) is 20.2. The fourth-order valence-electron chi connectivity index (χ4n) is 3.66. The van der Waals surface area contributed by atoms with E-state index in [1.54, 1.807) is 49.6 Å². The van der Waals surface area contributed by atoms with Crippen molar-refractivity contribution in [3.05, 3.63) is 91.1 Å². The Bertz CT molecular complexity index is 1430. The summed E-state index contributed by atoms with van der Waals surface area (Å²) in [6.07, 6.45) is 1.68. The van der Waals surface area contributed by atoms with Gasteiger partial charge in [-0.1, -0.05) is 35.3 Å². The maximum absolute atomic E-state index is 13.5. The smallest absolute Gasteiger partial charge is 0.325 e. The van der Waals surface area contributed by atoms with Crippen LogP contribution in [0.15, 0.2) is 66.4 Å². The number of esters is 1. The van der Waals surface area contributed by atoms with Gasteiger partial charge in [-0.15, -0.1) is 0 Å². The summed E-state index contributed by atoms with van der Waals surface area (Å²) in [5.74, 6) is 0.403. The Balaban J connectivity index is 1.61. The van der Waals surface area contributed by atoms with E-state index in [1.165, 1.54) is 16.9 Å². The molecule has 0 spiro atoms. The molecule has 196 valence electrons. The SMILES string of the molecule is COC(=O)CN1C(=S)N(c2ccc(OC)cc2)C(=O)/C1=C/c1ccc(OCc2ccc(Cl)cc2Cl)c(I)c1. The highest BCUT2D eigenvalue weighted by molar-refractivity contribution is 14.1. The van der Waals surface area contributed by atoms with Gasteiger partial charge in [0.05, 0.1) is 23.5 Å². The average Bonchev–Trinajstić information content (AvgIpc) is 3.12. The van der Waals surface area contributed by atoms with Gasteiger partial charge in [-0.25, -0.2) is 0 Å². The number of anilines is 1. The number of hydrogen-bond acceptors (Lipinski definition) is 6. The first-order valence-corrected chi connectivity index (χ1v) is 13.4. The summed E-state index contributed by atoms with van der Waals surface area (Å²) < 4.78 is 16.8. The van der Waals surface area contributed by atoms with Crippen molar-refractivity contribution >= 4 is 86.8 Å². The highest BCUT2D eigenvalue weighted by atomic mass is 127. The van der Waals surface area contributed by atoms with Crippen molar-refractivity contribution in [1.29, 1.82) is 0 Å². The highest BCUT2D eigenvalue weighted by Gasteiger charge is 2.40. The number of methoxy groups -OCH3 is 2. The molecular formula is C27H21Cl2IN2O5S. The van der Waals surface area contributed by atoms with Crippen molar-refractivity contribution in [2.45, 2.75) is 6.61 Å². The molecule has 0 bridgehead atoms. The van der Waals surface area contributed by atoms with Gasteiger partial charge in [0.2, 0.25) is 0 Å². The van der Waals surface area contributed by atoms with E-state index in [4.69, 9.17) is 49.6 Å². The number of hydrogen-bond donors (Lipinski definition) is 0. The van der Waals surface area contributed by atoms with Gasteiger partial charge in [-0.2, -0.15) is 0 Å². The highest BCUT2D eigenvalue weighted by Crippen LogP contribution is 2.32. The van der Waals surface area contributed by atoms with Gasteiger partial charge in [0.1, 0.15) is 30.3 Å². The number of halogens is 3. The first-order valence-electron chi connectivity index (χ1n) is 11.2. The van der Waals surface area contributed by atoms with Gasteiger partial charge >= 0.3 is 5.97 Å². The Kier molecular flexibility index (Phi) is 9.14. The molecule has 1 saturated heterocycles. The largest absolute Gasteiger partial charge is 0.497 e. The third-order valence-electron chi connectivity index (χ3n) is 5.64. The first kappa shape index (κ1) is 28.2. The van der Waals surface area contributed by atoms with Crippen LogP contribution >= 0.6 is 58.0 Å². The summed E-state index contributed by atoms with van der Waals surface area (Å²) in [6.45, 7) is 0.0582. The van der Waals surface area contributed by atoms with Crippen LogP contribution in [0, 0.1) is 3.57 Å². The minimum atomic E-state index is -0.526. The molecule has 0 aromatic heterocycles. The molecule has 1 fully saturated rings. The third kappa shape index (κ3) is 6.23. The minimum Gasteiger partial charge on any atom is -0.497 e. The van der Waals surface area contributed by atoms with E-state index in [2.05, 4.69) is 22.6 Å². The molecule has 0 saturated carbocycles. The Morgan fingerprint density at radius 1 is 1.05 bits per heavy atom. The molecule has 0 radical (unpaired) electrons. The molecular weight excluding hydrogens is 662 g/mol. The first-order chi connectivity index (χ1) is 18.2. The number of ether oxygens (including phenoxy) is 3. The van der Waals surface area contributed by atoms with Crippen LogP contribution in [0.5, 0.6) is 11.5 Å². The standard InChI is InChI=1S/C27H21Cl2IN2O5S/c1-35-20-8-6-19(7-9-20)32-26(34)23(31(27(32)38)14-25(33)36-2)12-16-3-10-24(22(30)11-16)37-15-17-4-5-18(28)13-21(17)29/h3-13H,14-15H2,1-2H3/b23-12-. The van der Waals surface area contributed by atoms with Crippen molar-refractivity contribution < 1.29 is 23.8 Å². The summed E-state index contributed by atoms with van der Waals surface area (Å²) >= 11 is 20.0. The quantitative estimate of drug-likeness (QED) is 0.119. The Morgan fingerprint density at radius 3 is 2.42 bits per heavy atom. The van der Waals surface area contributed by atoms with Crippen LogP contribution in [-0.4, -0.2) is 42.7 Å². The van der Waals surface area contributed by atoms with E-state index in [9.17, 15) is 9.59 Å². The normalized spacial score (nSPS) is 14.3. The van der Waals surface area contributed by atoms with E-state index < -0.39 is 5.97 Å². The second-order valence-electron chi connectivity index (χ2n) is 8.03. The van der Waals surface area contributed by atoms with Gasteiger partial charge in [0.25, 0.3) is 5.91 Å². The van der Waals surface area contributed by atoms with Gasteiger partial charge < -0.3 is 19.1 Å². The zero-order chi connectivity index (χ0) is 27.4. The molecule has 4 rings (SSSR count). The number of rotatable bonds is 8. The average molecular weight is 683 g/mol. The molecule has 38 heavy (non-hydrogen) atoms. The lowest BCUT2D eigenvalue weighted by Gasteiger charge is -2.19. The molecule has 7 nitrogen and oxygen atoms in total. The van der Waals surface area contributed by atoms with Crippen LogP contribution in [-0.2, 0) is 20.9 Å². The predicted molar refractivity (Wildman–Crippen MR) is 160 cm³/mol. The number of benzene rings is 3. The maximum atomic E-state index is 13.5. The van der Waals surface area contributed by atoms with Gasteiger partial charge in [-0.05, 0) is 95.0 Å². The van der Waals surface area contributed by atoms with Gasteiger partial charge in [-0.3, -0.25) is 14.5 Å². The lowest BCUT2D eigenvalue weighted by atomic mass is 10.1. The molecule has 0 N–H and O–H groups in total. The number of nitrogens with zero attached hydrogens (tertiary/aromatic N) is 2. The molecule has 0 unspecified atom stereocenters. The van der Waals surface area contributed by atoms with Crippen LogP contribution in [0.3, 0.4) is 0 Å².